The number of carbonyl (C=O) groups is 1. The third-order valence-corrected chi connectivity index (χ3v) is 6.61. The molecular formula is C27H25N3O4. The second-order valence-corrected chi connectivity index (χ2v) is 8.68. The van der Waals surface area contributed by atoms with E-state index in [4.69, 9.17) is 14.2 Å². The standard InChI is InChI=1S/C27H25N3O4/c1-16-3-5-17(6-4-16)26-25-20(21-14-19(32-2)8-9-22(21)29-25)11-12-30(26)27(31)28-18-7-10-23-24(13-18)34-15-33-23/h3-10,13-14,26,29H,11-12,15H2,1-2H3,(H,28,31). The van der Waals surface area contributed by atoms with E-state index in [2.05, 4.69) is 47.6 Å². The van der Waals surface area contributed by atoms with Crippen LogP contribution in [0.25, 0.3) is 10.9 Å². The van der Waals surface area contributed by atoms with Crippen molar-refractivity contribution in [2.75, 3.05) is 25.8 Å². The van der Waals surface area contributed by atoms with Crippen LogP contribution in [0.1, 0.15) is 28.4 Å². The third kappa shape index (κ3) is 3.41. The number of hydrogen-bond acceptors (Lipinski definition) is 4. The second-order valence-electron chi connectivity index (χ2n) is 8.68. The van der Waals surface area contributed by atoms with Gasteiger partial charge >= 0.3 is 6.03 Å². The Labute approximate surface area is 197 Å². The molecule has 0 spiro atoms. The number of benzene rings is 3. The molecule has 2 N–H and O–H groups in total. The number of carbonyl (C=O) groups excluding carboxylic acids is 1. The highest BCUT2D eigenvalue weighted by Gasteiger charge is 2.35. The highest BCUT2D eigenvalue weighted by molar-refractivity contribution is 5.92. The predicted octanol–water partition coefficient (Wildman–Crippen LogP) is 5.39. The lowest BCUT2D eigenvalue weighted by molar-refractivity contribution is 0.174. The van der Waals surface area contributed by atoms with E-state index in [0.717, 1.165) is 34.3 Å². The summed E-state index contributed by atoms with van der Waals surface area (Å²) < 4.78 is 16.3. The van der Waals surface area contributed by atoms with Gasteiger partial charge in [0.1, 0.15) is 5.75 Å². The van der Waals surface area contributed by atoms with Crippen molar-refractivity contribution in [3.63, 3.8) is 0 Å². The molecule has 172 valence electrons. The smallest absolute Gasteiger partial charge is 0.322 e. The van der Waals surface area contributed by atoms with Crippen molar-refractivity contribution >= 4 is 22.6 Å². The number of rotatable bonds is 3. The Balaban J connectivity index is 1.39. The molecule has 1 atom stereocenters. The summed E-state index contributed by atoms with van der Waals surface area (Å²) in [5.74, 6) is 2.15. The molecule has 0 saturated heterocycles. The van der Waals surface area contributed by atoms with Crippen LogP contribution in [0.15, 0.2) is 60.7 Å². The molecule has 2 amide bonds. The van der Waals surface area contributed by atoms with Crippen LogP contribution in [0.3, 0.4) is 0 Å². The van der Waals surface area contributed by atoms with E-state index in [1.165, 1.54) is 11.1 Å². The van der Waals surface area contributed by atoms with Crippen LogP contribution in [-0.4, -0.2) is 36.4 Å². The summed E-state index contributed by atoms with van der Waals surface area (Å²) in [4.78, 5) is 19.0. The average Bonchev–Trinajstić information content (AvgIpc) is 3.47. The van der Waals surface area contributed by atoms with Gasteiger partial charge in [-0.05, 0) is 54.8 Å². The molecule has 0 fully saturated rings. The number of fused-ring (bicyclic) bond motifs is 4. The number of H-pyrrole nitrogens is 1. The zero-order valence-electron chi connectivity index (χ0n) is 19.1. The van der Waals surface area contributed by atoms with Gasteiger partial charge < -0.3 is 29.4 Å². The number of ether oxygens (including phenoxy) is 3. The number of nitrogens with one attached hydrogen (secondary N) is 2. The van der Waals surface area contributed by atoms with Gasteiger partial charge in [0.2, 0.25) is 6.79 Å². The fraction of sp³-hybridized carbons (Fsp3) is 0.222. The Bertz CT molecular complexity index is 1390. The van der Waals surface area contributed by atoms with Crippen molar-refractivity contribution in [3.8, 4) is 17.2 Å². The first-order chi connectivity index (χ1) is 16.6. The summed E-state index contributed by atoms with van der Waals surface area (Å²) >= 11 is 0. The molecule has 0 bridgehead atoms. The zero-order chi connectivity index (χ0) is 23.2. The normalized spacial score (nSPS) is 16.4. The van der Waals surface area contributed by atoms with Gasteiger partial charge in [0.25, 0.3) is 0 Å². The van der Waals surface area contributed by atoms with E-state index < -0.39 is 0 Å². The number of anilines is 1. The van der Waals surface area contributed by atoms with Gasteiger partial charge in [-0.3, -0.25) is 0 Å². The van der Waals surface area contributed by atoms with E-state index in [9.17, 15) is 4.79 Å². The van der Waals surface area contributed by atoms with Crippen molar-refractivity contribution in [1.29, 1.82) is 0 Å². The molecule has 3 heterocycles. The summed E-state index contributed by atoms with van der Waals surface area (Å²) in [6.45, 7) is 2.85. The largest absolute Gasteiger partial charge is 0.497 e. The van der Waals surface area contributed by atoms with E-state index >= 15 is 0 Å². The lowest BCUT2D eigenvalue weighted by atomic mass is 9.92. The summed E-state index contributed by atoms with van der Waals surface area (Å²) in [7, 11) is 1.68. The number of aromatic nitrogens is 1. The number of nitrogens with zero attached hydrogens (tertiary/aromatic N) is 1. The van der Waals surface area contributed by atoms with Crippen LogP contribution in [0.4, 0.5) is 10.5 Å². The molecule has 2 aliphatic heterocycles. The van der Waals surface area contributed by atoms with Crippen molar-refractivity contribution in [3.05, 3.63) is 83.0 Å². The van der Waals surface area contributed by atoms with E-state index in [0.29, 0.717) is 23.7 Å². The topological polar surface area (TPSA) is 75.8 Å². The van der Waals surface area contributed by atoms with E-state index in [-0.39, 0.29) is 18.9 Å². The number of methoxy groups -OCH3 is 1. The quantitative estimate of drug-likeness (QED) is 0.434. The van der Waals surface area contributed by atoms with Crippen LogP contribution in [0.2, 0.25) is 0 Å². The Morgan fingerprint density at radius 2 is 1.88 bits per heavy atom. The number of urea groups is 1. The molecule has 0 saturated carbocycles. The van der Waals surface area contributed by atoms with Gasteiger partial charge in [0.05, 0.1) is 13.2 Å². The summed E-state index contributed by atoms with van der Waals surface area (Å²) in [6, 6.07) is 19.5. The molecular weight excluding hydrogens is 430 g/mol. The minimum absolute atomic E-state index is 0.161. The van der Waals surface area contributed by atoms with Crippen LogP contribution < -0.4 is 19.5 Å². The molecule has 4 aromatic rings. The van der Waals surface area contributed by atoms with Crippen molar-refractivity contribution in [2.45, 2.75) is 19.4 Å². The van der Waals surface area contributed by atoms with Crippen molar-refractivity contribution in [1.82, 2.24) is 9.88 Å². The SMILES string of the molecule is COc1ccc2[nH]c3c(c2c1)CCN(C(=O)Nc1ccc2c(c1)OCO2)C3c1ccc(C)cc1. The molecule has 1 unspecified atom stereocenters. The molecule has 34 heavy (non-hydrogen) atoms. The number of aryl methyl sites for hydroxylation is 1. The minimum atomic E-state index is -0.239. The number of amides is 2. The van der Waals surface area contributed by atoms with Gasteiger partial charge in [-0.25, -0.2) is 4.79 Å². The summed E-state index contributed by atoms with van der Waals surface area (Å²) in [5.41, 5.74) is 6.22. The molecule has 0 aliphatic carbocycles. The molecule has 1 aromatic heterocycles. The summed E-state index contributed by atoms with van der Waals surface area (Å²) in [5, 5.41) is 4.19. The third-order valence-electron chi connectivity index (χ3n) is 6.61. The molecule has 7 heteroatoms. The first kappa shape index (κ1) is 20.5. The van der Waals surface area contributed by atoms with Gasteiger partial charge in [0.15, 0.2) is 11.5 Å². The Morgan fingerprint density at radius 1 is 1.06 bits per heavy atom. The molecule has 0 radical (unpaired) electrons. The van der Waals surface area contributed by atoms with Gasteiger partial charge in [-0.2, -0.15) is 0 Å². The maximum Gasteiger partial charge on any atom is 0.322 e. The maximum absolute atomic E-state index is 13.6. The zero-order valence-corrected chi connectivity index (χ0v) is 19.1. The van der Waals surface area contributed by atoms with Crippen molar-refractivity contribution < 1.29 is 19.0 Å². The monoisotopic (exact) mass is 455 g/mol. The minimum Gasteiger partial charge on any atom is -0.497 e. The lowest BCUT2D eigenvalue weighted by Gasteiger charge is -2.36. The van der Waals surface area contributed by atoms with Crippen LogP contribution in [0, 0.1) is 6.92 Å². The Hall–Kier alpha value is -4.13. The number of hydrogen-bond donors (Lipinski definition) is 2. The van der Waals surface area contributed by atoms with E-state index in [1.807, 2.05) is 29.2 Å². The highest BCUT2D eigenvalue weighted by Crippen LogP contribution is 2.40. The van der Waals surface area contributed by atoms with Gasteiger partial charge in [-0.1, -0.05) is 29.8 Å². The van der Waals surface area contributed by atoms with Crippen LogP contribution in [0.5, 0.6) is 17.2 Å². The molecule has 2 aliphatic rings. The second kappa shape index (κ2) is 8.02. The Morgan fingerprint density at radius 3 is 2.71 bits per heavy atom. The van der Waals surface area contributed by atoms with Crippen LogP contribution >= 0.6 is 0 Å². The predicted molar refractivity (Wildman–Crippen MR) is 130 cm³/mol. The van der Waals surface area contributed by atoms with Gasteiger partial charge in [0, 0.05) is 34.9 Å². The fourth-order valence-electron chi connectivity index (χ4n) is 4.88. The van der Waals surface area contributed by atoms with Crippen molar-refractivity contribution in [2.24, 2.45) is 0 Å². The maximum atomic E-state index is 13.6. The Kier molecular flexibility index (Phi) is 4.83. The fourth-order valence-corrected chi connectivity index (χ4v) is 4.88. The molecule has 7 nitrogen and oxygen atoms in total. The summed E-state index contributed by atoms with van der Waals surface area (Å²) in [6.07, 6.45) is 0.749. The molecule has 3 aromatic carbocycles. The van der Waals surface area contributed by atoms with E-state index in [1.54, 1.807) is 13.2 Å². The number of aromatic amines is 1. The molecule has 6 rings (SSSR count). The lowest BCUT2D eigenvalue weighted by Crippen LogP contribution is -2.43. The highest BCUT2D eigenvalue weighted by atomic mass is 16.7. The van der Waals surface area contributed by atoms with Gasteiger partial charge in [-0.15, -0.1) is 0 Å². The first-order valence-electron chi connectivity index (χ1n) is 11.3. The van der Waals surface area contributed by atoms with Crippen LogP contribution in [-0.2, 0) is 6.42 Å². The first-order valence-corrected chi connectivity index (χ1v) is 11.3. The average molecular weight is 456 g/mol.